The van der Waals surface area contributed by atoms with Gasteiger partial charge in [-0.1, -0.05) is 18.2 Å². The first kappa shape index (κ1) is 20.8. The second-order valence-corrected chi connectivity index (χ2v) is 9.76. The average molecular weight is 438 g/mol. The molecular weight excluding hydrogens is 406 g/mol. The molecule has 0 radical (unpaired) electrons. The monoisotopic (exact) mass is 437 g/mol. The summed E-state index contributed by atoms with van der Waals surface area (Å²) >= 11 is 0. The zero-order valence-electron chi connectivity index (χ0n) is 19.2. The van der Waals surface area contributed by atoms with Gasteiger partial charge in [-0.3, -0.25) is 9.59 Å². The number of aryl methyl sites for hydroxylation is 1. The van der Waals surface area contributed by atoms with Crippen molar-refractivity contribution in [1.82, 2.24) is 24.2 Å². The molecule has 5 rings (SSSR count). The molecule has 0 saturated carbocycles. The van der Waals surface area contributed by atoms with Gasteiger partial charge in [0.1, 0.15) is 0 Å². The number of piperidine rings is 1. The topological polar surface area (TPSA) is 69.1 Å². The summed E-state index contributed by atoms with van der Waals surface area (Å²) in [5, 5.41) is 0.974. The summed E-state index contributed by atoms with van der Waals surface area (Å²) < 4.78 is 2.00. The van der Waals surface area contributed by atoms with Crippen molar-refractivity contribution in [3.8, 4) is 0 Å². The predicted octanol–water partition coefficient (Wildman–Crippen LogP) is 1.85. The standard InChI is InChI=1S/C24H31N5O3/c1-25(2)23(32)29-14-18-19(15-29)24(27(4)21(18)30)9-11-28(12-10-24)22(31)17-13-26(3)20-8-6-5-7-16(17)20/h5-8,13,18-19H,9-12,14-15H2,1-4H3/t18-,19+/m0/s1. The van der Waals surface area contributed by atoms with Crippen molar-refractivity contribution in [2.45, 2.75) is 18.4 Å². The second kappa shape index (κ2) is 7.25. The van der Waals surface area contributed by atoms with Gasteiger partial charge in [-0.15, -0.1) is 0 Å². The van der Waals surface area contributed by atoms with Gasteiger partial charge in [0.25, 0.3) is 5.91 Å². The zero-order chi connectivity index (χ0) is 22.8. The number of hydrogen-bond donors (Lipinski definition) is 0. The Bertz CT molecular complexity index is 1100. The van der Waals surface area contributed by atoms with Crippen molar-refractivity contribution in [2.75, 3.05) is 47.3 Å². The molecule has 170 valence electrons. The van der Waals surface area contributed by atoms with Gasteiger partial charge in [0.05, 0.1) is 17.0 Å². The number of benzene rings is 1. The molecule has 4 heterocycles. The highest BCUT2D eigenvalue weighted by molar-refractivity contribution is 6.07. The first-order valence-electron chi connectivity index (χ1n) is 11.3. The number of rotatable bonds is 1. The largest absolute Gasteiger partial charge is 0.350 e. The molecule has 4 amide bonds. The third-order valence-electron chi connectivity index (χ3n) is 8.02. The Labute approximate surface area is 188 Å². The van der Waals surface area contributed by atoms with Gasteiger partial charge in [0.15, 0.2) is 0 Å². The van der Waals surface area contributed by atoms with Gasteiger partial charge in [-0.2, -0.15) is 0 Å². The van der Waals surface area contributed by atoms with Crippen molar-refractivity contribution in [1.29, 1.82) is 0 Å². The number of nitrogens with zero attached hydrogens (tertiary/aromatic N) is 5. The maximum Gasteiger partial charge on any atom is 0.319 e. The van der Waals surface area contributed by atoms with Crippen LogP contribution in [0.15, 0.2) is 30.5 Å². The summed E-state index contributed by atoms with van der Waals surface area (Å²) in [5.74, 6) is 0.178. The van der Waals surface area contributed by atoms with E-state index in [0.717, 1.165) is 29.3 Å². The van der Waals surface area contributed by atoms with Crippen LogP contribution in [0.4, 0.5) is 4.79 Å². The number of amides is 4. The van der Waals surface area contributed by atoms with Crippen LogP contribution in [0, 0.1) is 11.8 Å². The van der Waals surface area contributed by atoms with Crippen molar-refractivity contribution < 1.29 is 14.4 Å². The molecule has 0 bridgehead atoms. The van der Waals surface area contributed by atoms with Gasteiger partial charge in [-0.05, 0) is 18.9 Å². The third kappa shape index (κ3) is 2.84. The lowest BCUT2D eigenvalue weighted by Gasteiger charge is -2.46. The van der Waals surface area contributed by atoms with Crippen LogP contribution in [0.3, 0.4) is 0 Å². The first-order chi connectivity index (χ1) is 15.2. The molecule has 8 heteroatoms. The zero-order valence-corrected chi connectivity index (χ0v) is 19.2. The lowest BCUT2D eigenvalue weighted by molar-refractivity contribution is -0.133. The van der Waals surface area contributed by atoms with Crippen LogP contribution in [0.5, 0.6) is 0 Å². The van der Waals surface area contributed by atoms with E-state index in [1.54, 1.807) is 19.0 Å². The molecule has 3 fully saturated rings. The molecule has 1 spiro atoms. The van der Waals surface area contributed by atoms with Crippen LogP contribution in [0.1, 0.15) is 23.2 Å². The number of carbonyl (C=O) groups is 3. The molecule has 3 aliphatic heterocycles. The number of aromatic nitrogens is 1. The Morgan fingerprint density at radius 1 is 1.03 bits per heavy atom. The molecule has 3 aliphatic rings. The maximum atomic E-state index is 13.4. The fourth-order valence-electron chi connectivity index (χ4n) is 6.24. The number of likely N-dealkylation sites (tertiary alicyclic amines) is 3. The lowest BCUT2D eigenvalue weighted by Crippen LogP contribution is -2.57. The van der Waals surface area contributed by atoms with Crippen molar-refractivity contribution in [2.24, 2.45) is 18.9 Å². The van der Waals surface area contributed by atoms with Gasteiger partial charge in [-0.25, -0.2) is 4.79 Å². The molecule has 2 aromatic rings. The first-order valence-corrected chi connectivity index (χ1v) is 11.3. The molecular formula is C24H31N5O3. The number of urea groups is 1. The summed E-state index contributed by atoms with van der Waals surface area (Å²) in [7, 11) is 7.36. The van der Waals surface area contributed by atoms with E-state index in [2.05, 4.69) is 0 Å². The van der Waals surface area contributed by atoms with Crippen LogP contribution in [0.25, 0.3) is 10.9 Å². The normalized spacial score (nSPS) is 24.5. The van der Waals surface area contributed by atoms with E-state index >= 15 is 0 Å². The van der Waals surface area contributed by atoms with E-state index in [0.29, 0.717) is 26.2 Å². The van der Waals surface area contributed by atoms with Crippen molar-refractivity contribution in [3.05, 3.63) is 36.0 Å². The minimum absolute atomic E-state index is 0.0337. The smallest absolute Gasteiger partial charge is 0.319 e. The van der Waals surface area contributed by atoms with Crippen molar-refractivity contribution in [3.63, 3.8) is 0 Å². The Morgan fingerprint density at radius 3 is 2.41 bits per heavy atom. The van der Waals surface area contributed by atoms with Crippen LogP contribution < -0.4 is 0 Å². The number of carbonyl (C=O) groups excluding carboxylic acids is 3. The van der Waals surface area contributed by atoms with Crippen LogP contribution >= 0.6 is 0 Å². The minimum Gasteiger partial charge on any atom is -0.350 e. The summed E-state index contributed by atoms with van der Waals surface area (Å²) in [6.45, 7) is 2.33. The van der Waals surface area contributed by atoms with Crippen LogP contribution in [0.2, 0.25) is 0 Å². The van der Waals surface area contributed by atoms with E-state index in [4.69, 9.17) is 0 Å². The molecule has 0 aliphatic carbocycles. The molecule has 1 aromatic carbocycles. The SMILES string of the molecule is CN(C)C(=O)N1C[C@@H]2C(=O)N(C)C3(CCN(C(=O)c4cn(C)c5ccccc45)CC3)[C@@H]2C1. The van der Waals surface area contributed by atoms with Crippen LogP contribution in [-0.2, 0) is 11.8 Å². The van der Waals surface area contributed by atoms with Crippen LogP contribution in [-0.4, -0.2) is 94.9 Å². The molecule has 0 N–H and O–H groups in total. The molecule has 8 nitrogen and oxygen atoms in total. The molecule has 32 heavy (non-hydrogen) atoms. The Balaban J connectivity index is 1.35. The van der Waals surface area contributed by atoms with E-state index in [9.17, 15) is 14.4 Å². The highest BCUT2D eigenvalue weighted by Gasteiger charge is 2.61. The quantitative estimate of drug-likeness (QED) is 0.684. The highest BCUT2D eigenvalue weighted by Crippen LogP contribution is 2.49. The summed E-state index contributed by atoms with van der Waals surface area (Å²) in [5.41, 5.74) is 1.50. The van der Waals surface area contributed by atoms with Gasteiger partial charge in [0, 0.05) is 77.4 Å². The summed E-state index contributed by atoms with van der Waals surface area (Å²) in [6, 6.07) is 7.93. The third-order valence-corrected chi connectivity index (χ3v) is 8.02. The molecule has 0 unspecified atom stereocenters. The Kier molecular flexibility index (Phi) is 4.72. The van der Waals surface area contributed by atoms with Crippen molar-refractivity contribution >= 4 is 28.7 Å². The fraction of sp³-hybridized carbons (Fsp3) is 0.542. The second-order valence-electron chi connectivity index (χ2n) is 9.76. The fourth-order valence-corrected chi connectivity index (χ4v) is 6.24. The van der Waals surface area contributed by atoms with E-state index in [1.807, 2.05) is 63.8 Å². The molecule has 2 atom stereocenters. The predicted molar refractivity (Wildman–Crippen MR) is 121 cm³/mol. The number of hydrogen-bond acceptors (Lipinski definition) is 3. The van der Waals surface area contributed by atoms with Gasteiger partial charge in [0.2, 0.25) is 5.91 Å². The van der Waals surface area contributed by atoms with E-state index < -0.39 is 0 Å². The van der Waals surface area contributed by atoms with Gasteiger partial charge >= 0.3 is 6.03 Å². The summed E-state index contributed by atoms with van der Waals surface area (Å²) in [4.78, 5) is 46.2. The highest BCUT2D eigenvalue weighted by atomic mass is 16.2. The maximum absolute atomic E-state index is 13.4. The van der Waals surface area contributed by atoms with E-state index in [-0.39, 0.29) is 35.2 Å². The minimum atomic E-state index is -0.279. The molecule has 3 saturated heterocycles. The summed E-state index contributed by atoms with van der Waals surface area (Å²) in [6.07, 6.45) is 3.41. The number of para-hydroxylation sites is 1. The van der Waals surface area contributed by atoms with E-state index in [1.165, 1.54) is 0 Å². The lowest BCUT2D eigenvalue weighted by atomic mass is 9.75. The Morgan fingerprint density at radius 2 is 1.72 bits per heavy atom. The van der Waals surface area contributed by atoms with Gasteiger partial charge < -0.3 is 24.2 Å². The number of fused-ring (bicyclic) bond motifs is 3. The average Bonchev–Trinajstić information content (AvgIpc) is 3.44. The molecule has 1 aromatic heterocycles. The Hall–Kier alpha value is -3.03.